The molecule has 2 amide bonds. The summed E-state index contributed by atoms with van der Waals surface area (Å²) in [5.41, 5.74) is 5.76. The molecule has 2 saturated heterocycles. The number of ether oxygens (including phenoxy) is 1. The van der Waals surface area contributed by atoms with Gasteiger partial charge in [0.15, 0.2) is 0 Å². The predicted molar refractivity (Wildman–Crippen MR) is 276 cm³/mol. The molecule has 0 radical (unpaired) electrons. The van der Waals surface area contributed by atoms with Gasteiger partial charge in [0.25, 0.3) is 27.5 Å². The average Bonchev–Trinajstić information content (AvgIpc) is 3.79. The van der Waals surface area contributed by atoms with Crippen LogP contribution in [0.3, 0.4) is 0 Å². The lowest BCUT2D eigenvalue weighted by Gasteiger charge is -2.39. The number of nitro benzene ring substituents is 1. The first-order chi connectivity index (χ1) is 32.9. The molecule has 3 aliphatic rings. The number of benzene rings is 3. The van der Waals surface area contributed by atoms with Gasteiger partial charge in [0.2, 0.25) is 0 Å². The van der Waals surface area contributed by atoms with E-state index in [9.17, 15) is 28.1 Å². The number of hydrogen-bond acceptors (Lipinski definition) is 11. The van der Waals surface area contributed by atoms with Gasteiger partial charge in [-0.15, -0.1) is 9.41 Å². The number of H-pyrrole nitrogens is 1. The van der Waals surface area contributed by atoms with Gasteiger partial charge < -0.3 is 19.5 Å². The van der Waals surface area contributed by atoms with Gasteiger partial charge in [0.05, 0.1) is 21.6 Å². The van der Waals surface area contributed by atoms with E-state index in [0.29, 0.717) is 60.9 Å². The second-order valence-corrected chi connectivity index (χ2v) is 24.5. The second-order valence-electron chi connectivity index (χ2n) is 19.4. The molecule has 1 atom stereocenters. The third-order valence-corrected chi connectivity index (χ3v) is 17.5. The van der Waals surface area contributed by atoms with Gasteiger partial charge in [-0.3, -0.25) is 24.6 Å². The number of sulfonamides is 1. The van der Waals surface area contributed by atoms with Crippen LogP contribution < -0.4 is 14.4 Å². The lowest BCUT2D eigenvalue weighted by Crippen LogP contribution is -2.47. The van der Waals surface area contributed by atoms with Crippen molar-refractivity contribution in [2.24, 2.45) is 15.7 Å². The van der Waals surface area contributed by atoms with E-state index in [-0.39, 0.29) is 34.2 Å². The number of allylic oxidation sites excluding steroid dienone is 1. The summed E-state index contributed by atoms with van der Waals surface area (Å²) in [6.07, 6.45) is 7.14. The number of carbonyl (C=O) groups is 2. The van der Waals surface area contributed by atoms with Crippen LogP contribution in [0.25, 0.3) is 16.6 Å². The smallest absolute Gasteiger partial charge is 0.273 e. The predicted octanol–water partition coefficient (Wildman–Crippen LogP) is 9.02. The van der Waals surface area contributed by atoms with Crippen LogP contribution >= 0.6 is 11.6 Å². The highest BCUT2D eigenvalue weighted by atomic mass is 35.5. The first kappa shape index (κ1) is 49.8. The number of nitro groups is 1. The number of carbonyl (C=O) groups excluding carboxylic acids is 2. The van der Waals surface area contributed by atoms with Crippen molar-refractivity contribution in [1.29, 1.82) is 0 Å². The van der Waals surface area contributed by atoms with E-state index in [4.69, 9.17) is 16.3 Å². The molecule has 2 fully saturated rings. The third-order valence-electron chi connectivity index (χ3n) is 13.4. The fourth-order valence-electron chi connectivity index (χ4n) is 9.52. The number of halogens is 1. The molecule has 8 rings (SSSR count). The van der Waals surface area contributed by atoms with Gasteiger partial charge in [0, 0.05) is 110 Å². The summed E-state index contributed by atoms with van der Waals surface area (Å²) in [5, 5.41) is 13.9. The van der Waals surface area contributed by atoms with Crippen LogP contribution in [-0.4, -0.2) is 115 Å². The Kier molecular flexibility index (Phi) is 15.0. The van der Waals surface area contributed by atoms with Crippen LogP contribution in [0.1, 0.15) is 74.9 Å². The van der Waals surface area contributed by atoms with E-state index < -0.39 is 35.2 Å². The van der Waals surface area contributed by atoms with E-state index in [2.05, 4.69) is 65.6 Å². The topological polar surface area (TPSA) is 183 Å². The lowest BCUT2D eigenvalue weighted by atomic mass is 9.72. The summed E-state index contributed by atoms with van der Waals surface area (Å²) in [6.45, 7) is 14.5. The molecule has 3 aromatic carbocycles. The molecular weight excluding hydrogens is 936 g/mol. The molecule has 0 unspecified atom stereocenters. The average molecular weight is 998 g/mol. The molecule has 5 aromatic rings. The van der Waals surface area contributed by atoms with Crippen LogP contribution in [0.5, 0.6) is 11.5 Å². The van der Waals surface area contributed by atoms with E-state index in [0.717, 1.165) is 74.1 Å². The molecule has 69 heavy (non-hydrogen) atoms. The second kappa shape index (κ2) is 20.8. The minimum atomic E-state index is -4.59. The van der Waals surface area contributed by atoms with Crippen LogP contribution in [-0.2, 0) is 30.7 Å². The third kappa shape index (κ3) is 12.2. The Morgan fingerprint density at radius 2 is 1.75 bits per heavy atom. The maximum Gasteiger partial charge on any atom is 0.273 e. The maximum atomic E-state index is 14.1. The summed E-state index contributed by atoms with van der Waals surface area (Å²) in [6, 6.07) is 20.6. The van der Waals surface area contributed by atoms with Gasteiger partial charge in [-0.1, -0.05) is 68.9 Å². The number of anilines is 1. The van der Waals surface area contributed by atoms with Crippen molar-refractivity contribution in [3.05, 3.63) is 123 Å². The van der Waals surface area contributed by atoms with E-state index in [1.165, 1.54) is 35.0 Å². The summed E-state index contributed by atoms with van der Waals surface area (Å²) in [4.78, 5) is 51.9. The number of amides is 2. The molecule has 1 aliphatic carbocycles. The largest absolute Gasteiger partial charge is 0.455 e. The van der Waals surface area contributed by atoms with E-state index in [1.54, 1.807) is 37.4 Å². The van der Waals surface area contributed by atoms with Crippen molar-refractivity contribution in [2.45, 2.75) is 64.7 Å². The molecular formula is C51H61ClN8O7S2. The highest BCUT2D eigenvalue weighted by Gasteiger charge is 2.31. The Labute approximate surface area is 410 Å². The summed E-state index contributed by atoms with van der Waals surface area (Å²) in [7, 11) is -6.19. The van der Waals surface area contributed by atoms with Gasteiger partial charge in [-0.05, 0) is 90.6 Å². The molecule has 4 heterocycles. The Balaban J connectivity index is 0.970. The first-order valence-corrected chi connectivity index (χ1v) is 27.5. The zero-order valence-corrected chi connectivity index (χ0v) is 42.1. The quantitative estimate of drug-likeness (QED) is 0.0580. The Bertz CT molecular complexity index is 3010. The van der Waals surface area contributed by atoms with Crippen LogP contribution in [0.15, 0.2) is 100 Å². The van der Waals surface area contributed by atoms with Crippen molar-refractivity contribution in [2.75, 3.05) is 68.8 Å². The number of pyridine rings is 1. The van der Waals surface area contributed by atoms with Crippen molar-refractivity contribution in [3.63, 3.8) is 0 Å². The monoisotopic (exact) mass is 996 g/mol. The lowest BCUT2D eigenvalue weighted by molar-refractivity contribution is -0.385. The van der Waals surface area contributed by atoms with Crippen molar-refractivity contribution >= 4 is 76.7 Å². The summed E-state index contributed by atoms with van der Waals surface area (Å²) in [5.74, 6) is 5.08. The zero-order chi connectivity index (χ0) is 49.1. The Morgan fingerprint density at radius 1 is 1.01 bits per heavy atom. The first-order valence-electron chi connectivity index (χ1n) is 23.5. The highest BCUT2D eigenvalue weighted by molar-refractivity contribution is 8.02. The molecule has 2 aliphatic heterocycles. The van der Waals surface area contributed by atoms with Crippen molar-refractivity contribution < 1.29 is 27.7 Å². The van der Waals surface area contributed by atoms with Gasteiger partial charge in [-0.25, -0.2) is 18.1 Å². The minimum Gasteiger partial charge on any atom is -0.455 e. The summed E-state index contributed by atoms with van der Waals surface area (Å²) < 4.78 is 40.6. The van der Waals surface area contributed by atoms with Crippen molar-refractivity contribution in [3.8, 4) is 11.5 Å². The minimum absolute atomic E-state index is 0.00758. The number of piperazine rings is 1. The zero-order valence-electron chi connectivity index (χ0n) is 39.7. The SMILES string of the molecule is C=S1(=NC(=O)CC)CCN(C[C@H](C)Cc2ccc(S(=O)(=O)NC(=O)c3ccc(N4CCN(CC5=C(c6ccc(Cl)cc6)CC(C)(C)CC5)CC4)cc3Oc3cnc4[nH]ccc4c3)cc2[N+](=O)[O-])CC1. The molecule has 2 N–H and O–H groups in total. The number of aromatic nitrogens is 2. The molecule has 0 saturated carbocycles. The van der Waals surface area contributed by atoms with Gasteiger partial charge >= 0.3 is 0 Å². The fraction of sp³-hybridized carbons (Fsp3) is 0.412. The number of fused-ring (bicyclic) bond motifs is 1. The van der Waals surface area contributed by atoms with Gasteiger partial charge in [0.1, 0.15) is 17.1 Å². The highest BCUT2D eigenvalue weighted by Crippen LogP contribution is 2.43. The summed E-state index contributed by atoms with van der Waals surface area (Å²) >= 11 is 6.25. The molecule has 2 aromatic heterocycles. The number of rotatable bonds is 15. The standard InChI is InChI=1S/C51H61ClN8O7S2/c1-6-48(61)55-68(5)25-23-58(24-26-68)33-35(2)27-37-9-13-43(30-46(37)60(63)64)69(65,66)56-50(62)44-14-12-41(29-47(44)67-42-28-38-16-18-53-49(38)54-32-42)59-21-19-57(20-22-59)34-39-15-17-51(3,4)31-45(39)36-7-10-40(52)11-8-36/h7-14,16,18,28-30,32,35H,5-6,15,17,19-27,31,33-34H2,1-4H3,(H,53,54)(H,56,62)/t35-/m1/s1. The van der Waals surface area contributed by atoms with Crippen LogP contribution in [0.4, 0.5) is 11.4 Å². The molecule has 15 nitrogen and oxygen atoms in total. The molecule has 366 valence electrons. The van der Waals surface area contributed by atoms with E-state index >= 15 is 0 Å². The Hall–Kier alpha value is -5.59. The van der Waals surface area contributed by atoms with Gasteiger partial charge in [-0.2, -0.15) is 4.36 Å². The number of aromatic amines is 1. The number of nitrogens with one attached hydrogen (secondary N) is 2. The molecule has 0 spiro atoms. The van der Waals surface area contributed by atoms with E-state index in [1.807, 2.05) is 25.1 Å². The van der Waals surface area contributed by atoms with Crippen molar-refractivity contribution in [1.82, 2.24) is 24.5 Å². The van der Waals surface area contributed by atoms with Crippen LogP contribution in [0.2, 0.25) is 5.02 Å². The fourth-order valence-corrected chi connectivity index (χ4v) is 12.8. The molecule has 0 bridgehead atoms. The van der Waals surface area contributed by atoms with Crippen LogP contribution in [0, 0.1) is 21.4 Å². The molecule has 18 heteroatoms. The number of hydrogen-bond donors (Lipinski definition) is 2. The Morgan fingerprint density at radius 3 is 2.46 bits per heavy atom. The normalized spacial score (nSPS) is 18.2. The maximum absolute atomic E-state index is 14.1. The number of nitrogens with zero attached hydrogens (tertiary/aromatic N) is 6.